The van der Waals surface area contributed by atoms with E-state index < -0.39 is 0 Å². The van der Waals surface area contributed by atoms with Crippen molar-refractivity contribution in [3.63, 3.8) is 0 Å². The summed E-state index contributed by atoms with van der Waals surface area (Å²) in [5.74, 6) is 1.69. The number of benzene rings is 1. The average Bonchev–Trinajstić information content (AvgIpc) is 2.86. The quantitative estimate of drug-likeness (QED) is 0.604. The van der Waals surface area contributed by atoms with E-state index >= 15 is 0 Å². The molecule has 1 aromatic carbocycles. The SMILES string of the molecule is Cc1c(Cl)nc(C(C)C)nc1-c1cc2cccc(C)c2o1. The Bertz CT molecular complexity index is 821. The molecule has 0 amide bonds. The van der Waals surface area contributed by atoms with E-state index in [1.165, 1.54) is 0 Å². The summed E-state index contributed by atoms with van der Waals surface area (Å²) in [4.78, 5) is 8.98. The van der Waals surface area contributed by atoms with Crippen molar-refractivity contribution in [3.05, 3.63) is 46.4 Å². The number of nitrogens with zero attached hydrogens (tertiary/aromatic N) is 2. The van der Waals surface area contributed by atoms with Gasteiger partial charge in [-0.05, 0) is 25.5 Å². The number of rotatable bonds is 2. The van der Waals surface area contributed by atoms with Crippen LogP contribution >= 0.6 is 11.6 Å². The van der Waals surface area contributed by atoms with Crippen LogP contribution in [0.1, 0.15) is 36.7 Å². The van der Waals surface area contributed by atoms with E-state index in [0.717, 1.165) is 39.4 Å². The van der Waals surface area contributed by atoms with Crippen molar-refractivity contribution in [2.45, 2.75) is 33.6 Å². The number of halogens is 1. The molecule has 0 aliphatic heterocycles. The molecule has 0 aliphatic carbocycles. The minimum absolute atomic E-state index is 0.216. The smallest absolute Gasteiger partial charge is 0.154 e. The Morgan fingerprint density at radius 2 is 1.90 bits per heavy atom. The Hall–Kier alpha value is -1.87. The lowest BCUT2D eigenvalue weighted by Crippen LogP contribution is -2.01. The molecular formula is C17H17ClN2O. The number of aryl methyl sites for hydroxylation is 1. The van der Waals surface area contributed by atoms with Gasteiger partial charge in [0.2, 0.25) is 0 Å². The Labute approximate surface area is 129 Å². The Kier molecular flexibility index (Phi) is 3.46. The molecule has 2 aromatic heterocycles. The third-order valence-electron chi connectivity index (χ3n) is 3.59. The maximum atomic E-state index is 6.25. The number of aromatic nitrogens is 2. The fourth-order valence-corrected chi connectivity index (χ4v) is 2.51. The van der Waals surface area contributed by atoms with Crippen LogP contribution in [0.15, 0.2) is 28.7 Å². The zero-order valence-corrected chi connectivity index (χ0v) is 13.3. The molecule has 3 aromatic rings. The molecular weight excluding hydrogens is 284 g/mol. The van der Waals surface area contributed by atoms with Gasteiger partial charge in [-0.1, -0.05) is 43.6 Å². The number of hydrogen-bond acceptors (Lipinski definition) is 3. The molecule has 2 heterocycles. The van der Waals surface area contributed by atoms with Crippen LogP contribution in [-0.2, 0) is 0 Å². The first kappa shape index (κ1) is 14.1. The van der Waals surface area contributed by atoms with E-state index in [1.807, 2.05) is 52.0 Å². The normalized spacial score (nSPS) is 11.5. The van der Waals surface area contributed by atoms with Crippen molar-refractivity contribution >= 4 is 22.6 Å². The van der Waals surface area contributed by atoms with Gasteiger partial charge < -0.3 is 4.42 Å². The first-order chi connectivity index (χ1) is 9.97. The molecule has 0 aliphatic rings. The predicted molar refractivity (Wildman–Crippen MR) is 85.8 cm³/mol. The molecule has 4 heteroatoms. The van der Waals surface area contributed by atoms with E-state index in [0.29, 0.717) is 5.15 Å². The van der Waals surface area contributed by atoms with Crippen LogP contribution in [0.4, 0.5) is 0 Å². The summed E-state index contributed by atoms with van der Waals surface area (Å²) in [6, 6.07) is 8.11. The molecule has 0 atom stereocenters. The van der Waals surface area contributed by atoms with Gasteiger partial charge in [0.05, 0.1) is 0 Å². The summed E-state index contributed by atoms with van der Waals surface area (Å²) >= 11 is 6.25. The van der Waals surface area contributed by atoms with Gasteiger partial charge in [0.15, 0.2) is 5.76 Å². The highest BCUT2D eigenvalue weighted by Crippen LogP contribution is 2.32. The minimum Gasteiger partial charge on any atom is -0.454 e. The van der Waals surface area contributed by atoms with Gasteiger partial charge in [0, 0.05) is 16.9 Å². The number of furan rings is 1. The lowest BCUT2D eigenvalue weighted by molar-refractivity contribution is 0.623. The van der Waals surface area contributed by atoms with Gasteiger partial charge in [-0.25, -0.2) is 9.97 Å². The van der Waals surface area contributed by atoms with E-state index in [-0.39, 0.29) is 5.92 Å². The van der Waals surface area contributed by atoms with E-state index in [9.17, 15) is 0 Å². The lowest BCUT2D eigenvalue weighted by Gasteiger charge is -2.09. The molecule has 3 nitrogen and oxygen atoms in total. The summed E-state index contributed by atoms with van der Waals surface area (Å²) in [6.07, 6.45) is 0. The topological polar surface area (TPSA) is 38.9 Å². The Morgan fingerprint density at radius 1 is 1.14 bits per heavy atom. The number of hydrogen-bond donors (Lipinski definition) is 0. The number of fused-ring (bicyclic) bond motifs is 1. The third kappa shape index (κ3) is 2.42. The van der Waals surface area contributed by atoms with E-state index in [4.69, 9.17) is 16.0 Å². The van der Waals surface area contributed by atoms with Crippen LogP contribution < -0.4 is 0 Å². The standard InChI is InChI=1S/C17H17ClN2O/c1-9(2)17-19-14(11(4)16(18)20-17)13-8-12-7-5-6-10(3)15(12)21-13/h5-9H,1-4H3. The van der Waals surface area contributed by atoms with E-state index in [2.05, 4.69) is 9.97 Å². The van der Waals surface area contributed by atoms with Gasteiger partial charge in [0.25, 0.3) is 0 Å². The average molecular weight is 301 g/mol. The zero-order valence-electron chi connectivity index (χ0n) is 12.6. The zero-order chi connectivity index (χ0) is 15.1. The summed E-state index contributed by atoms with van der Waals surface area (Å²) in [7, 11) is 0. The Morgan fingerprint density at radius 3 is 2.57 bits per heavy atom. The molecule has 0 N–H and O–H groups in total. The highest BCUT2D eigenvalue weighted by Gasteiger charge is 2.17. The van der Waals surface area contributed by atoms with Crippen molar-refractivity contribution in [2.24, 2.45) is 0 Å². The van der Waals surface area contributed by atoms with Crippen LogP contribution in [-0.4, -0.2) is 9.97 Å². The molecule has 108 valence electrons. The highest BCUT2D eigenvalue weighted by molar-refractivity contribution is 6.30. The van der Waals surface area contributed by atoms with Crippen LogP contribution in [0.5, 0.6) is 0 Å². The molecule has 0 radical (unpaired) electrons. The maximum absolute atomic E-state index is 6.25. The minimum atomic E-state index is 0.216. The van der Waals surface area contributed by atoms with Crippen LogP contribution in [0.25, 0.3) is 22.4 Å². The monoisotopic (exact) mass is 300 g/mol. The second-order valence-electron chi connectivity index (χ2n) is 5.60. The van der Waals surface area contributed by atoms with Gasteiger partial charge in [-0.2, -0.15) is 0 Å². The maximum Gasteiger partial charge on any atom is 0.154 e. The molecule has 21 heavy (non-hydrogen) atoms. The molecule has 0 spiro atoms. The van der Waals surface area contributed by atoms with Gasteiger partial charge in [-0.15, -0.1) is 0 Å². The van der Waals surface area contributed by atoms with Gasteiger partial charge >= 0.3 is 0 Å². The third-order valence-corrected chi connectivity index (χ3v) is 3.96. The second-order valence-corrected chi connectivity index (χ2v) is 5.96. The molecule has 0 fully saturated rings. The van der Waals surface area contributed by atoms with Crippen molar-refractivity contribution in [3.8, 4) is 11.5 Å². The summed E-state index contributed by atoms with van der Waals surface area (Å²) in [6.45, 7) is 8.05. The molecule has 0 unspecified atom stereocenters. The first-order valence-corrected chi connectivity index (χ1v) is 7.38. The summed E-state index contributed by atoms with van der Waals surface area (Å²) in [5, 5.41) is 1.56. The summed E-state index contributed by atoms with van der Waals surface area (Å²) in [5.41, 5.74) is 3.63. The molecule has 0 bridgehead atoms. The van der Waals surface area contributed by atoms with Crippen molar-refractivity contribution in [1.29, 1.82) is 0 Å². The molecule has 3 rings (SSSR count). The summed E-state index contributed by atoms with van der Waals surface area (Å²) < 4.78 is 6.01. The van der Waals surface area contributed by atoms with E-state index in [1.54, 1.807) is 0 Å². The fourth-order valence-electron chi connectivity index (χ4n) is 2.33. The first-order valence-electron chi connectivity index (χ1n) is 7.01. The Balaban J connectivity index is 2.24. The predicted octanol–water partition coefficient (Wildman–Crippen LogP) is 5.28. The fraction of sp³-hybridized carbons (Fsp3) is 0.294. The van der Waals surface area contributed by atoms with Crippen molar-refractivity contribution < 1.29 is 4.42 Å². The molecule has 0 saturated heterocycles. The second kappa shape index (κ2) is 5.15. The van der Waals surface area contributed by atoms with Crippen LogP contribution in [0.2, 0.25) is 5.15 Å². The highest BCUT2D eigenvalue weighted by atomic mass is 35.5. The van der Waals surface area contributed by atoms with Crippen molar-refractivity contribution in [2.75, 3.05) is 0 Å². The van der Waals surface area contributed by atoms with Crippen LogP contribution in [0.3, 0.4) is 0 Å². The van der Waals surface area contributed by atoms with Gasteiger partial charge in [-0.3, -0.25) is 0 Å². The van der Waals surface area contributed by atoms with Crippen LogP contribution in [0, 0.1) is 13.8 Å². The van der Waals surface area contributed by atoms with Crippen molar-refractivity contribution in [1.82, 2.24) is 9.97 Å². The largest absolute Gasteiger partial charge is 0.454 e. The molecule has 0 saturated carbocycles. The lowest BCUT2D eigenvalue weighted by atomic mass is 10.1. The van der Waals surface area contributed by atoms with Gasteiger partial charge in [0.1, 0.15) is 22.3 Å². The number of para-hydroxylation sites is 1.